The number of ether oxygens (including phenoxy) is 1. The van der Waals surface area contributed by atoms with Crippen LogP contribution < -0.4 is 10.9 Å². The first-order chi connectivity index (χ1) is 12.4. The highest BCUT2D eigenvalue weighted by Crippen LogP contribution is 2.24. The molecule has 0 saturated heterocycles. The largest absolute Gasteiger partial charge is 0.462 e. The van der Waals surface area contributed by atoms with Gasteiger partial charge in [-0.25, -0.2) is 14.5 Å². The summed E-state index contributed by atoms with van der Waals surface area (Å²) in [7, 11) is 0. The van der Waals surface area contributed by atoms with Crippen molar-refractivity contribution in [1.82, 2.24) is 14.8 Å². The third-order valence-electron chi connectivity index (χ3n) is 4.22. The topological polar surface area (TPSA) is 103 Å². The lowest BCUT2D eigenvalue weighted by atomic mass is 10.2. The molecule has 2 aromatic heterocycles. The molecule has 1 amide bonds. The van der Waals surface area contributed by atoms with Gasteiger partial charge in [0.2, 0.25) is 0 Å². The van der Waals surface area contributed by atoms with E-state index in [1.54, 1.807) is 26.8 Å². The fourth-order valence-electron chi connectivity index (χ4n) is 2.85. The number of fused-ring (bicyclic) bond motifs is 1. The number of anilines is 1. The third-order valence-corrected chi connectivity index (χ3v) is 5.27. The Bertz CT molecular complexity index is 918. The lowest BCUT2D eigenvalue weighted by Gasteiger charge is -2.14. The molecule has 1 aliphatic carbocycles. The molecule has 3 rings (SSSR count). The van der Waals surface area contributed by atoms with Gasteiger partial charge in [-0.05, 0) is 45.6 Å². The van der Waals surface area contributed by atoms with Crippen molar-refractivity contribution in [3.8, 4) is 0 Å². The maximum Gasteiger partial charge on any atom is 0.350 e. The Balaban J connectivity index is 1.77. The fraction of sp³-hybridized carbons (Fsp3) is 0.471. The van der Waals surface area contributed by atoms with E-state index in [0.717, 1.165) is 41.9 Å². The number of hydrogen-bond acceptors (Lipinski definition) is 7. The number of esters is 1. The van der Waals surface area contributed by atoms with Gasteiger partial charge in [-0.1, -0.05) is 11.3 Å². The molecule has 1 aliphatic rings. The Hall–Kier alpha value is -2.55. The predicted octanol–water partition coefficient (Wildman–Crippen LogP) is 1.87. The van der Waals surface area contributed by atoms with Crippen molar-refractivity contribution in [3.05, 3.63) is 38.2 Å². The molecule has 2 aromatic rings. The number of rotatable bonds is 5. The van der Waals surface area contributed by atoms with Gasteiger partial charge in [0.15, 0.2) is 5.13 Å². The van der Waals surface area contributed by atoms with Gasteiger partial charge < -0.3 is 10.1 Å². The van der Waals surface area contributed by atoms with Crippen LogP contribution in [0.1, 0.15) is 52.9 Å². The number of aryl methyl sites for hydroxylation is 3. The van der Waals surface area contributed by atoms with Crippen molar-refractivity contribution in [2.24, 2.45) is 0 Å². The summed E-state index contributed by atoms with van der Waals surface area (Å²) in [4.78, 5) is 41.2. The smallest absolute Gasteiger partial charge is 0.350 e. The van der Waals surface area contributed by atoms with E-state index in [0.29, 0.717) is 10.6 Å². The second-order valence-electron chi connectivity index (χ2n) is 6.07. The Morgan fingerprint density at radius 2 is 2.19 bits per heavy atom. The van der Waals surface area contributed by atoms with E-state index in [9.17, 15) is 14.4 Å². The van der Waals surface area contributed by atoms with Crippen LogP contribution in [0.5, 0.6) is 0 Å². The number of nitrogens with zero attached hydrogens (tertiary/aromatic N) is 3. The number of aromatic nitrogens is 3. The maximum atomic E-state index is 12.5. The van der Waals surface area contributed by atoms with E-state index in [4.69, 9.17) is 4.74 Å². The highest BCUT2D eigenvalue weighted by Gasteiger charge is 2.23. The Morgan fingerprint density at radius 3 is 2.92 bits per heavy atom. The summed E-state index contributed by atoms with van der Waals surface area (Å²) in [6.45, 7) is 5.27. The molecule has 0 bridgehead atoms. The summed E-state index contributed by atoms with van der Waals surface area (Å²) in [5.74, 6) is -0.880. The van der Waals surface area contributed by atoms with Crippen molar-refractivity contribution in [2.45, 2.75) is 46.1 Å². The lowest BCUT2D eigenvalue weighted by molar-refractivity contribution is -0.119. The number of thiazole rings is 1. The van der Waals surface area contributed by atoms with Crippen molar-refractivity contribution in [2.75, 3.05) is 11.9 Å². The third kappa shape index (κ3) is 3.52. The lowest BCUT2D eigenvalue weighted by Crippen LogP contribution is -2.33. The average Bonchev–Trinajstić information content (AvgIpc) is 3.19. The molecule has 138 valence electrons. The van der Waals surface area contributed by atoms with Crippen LogP contribution in [0.25, 0.3) is 0 Å². The first-order valence-corrected chi connectivity index (χ1v) is 9.29. The van der Waals surface area contributed by atoms with Gasteiger partial charge in [-0.2, -0.15) is 5.10 Å². The van der Waals surface area contributed by atoms with E-state index in [-0.39, 0.29) is 17.3 Å². The summed E-state index contributed by atoms with van der Waals surface area (Å²) in [5, 5.41) is 7.29. The molecule has 26 heavy (non-hydrogen) atoms. The van der Waals surface area contributed by atoms with Crippen LogP contribution in [0.2, 0.25) is 0 Å². The van der Waals surface area contributed by atoms with E-state index in [1.165, 1.54) is 4.68 Å². The van der Waals surface area contributed by atoms with E-state index >= 15 is 0 Å². The van der Waals surface area contributed by atoms with Crippen LogP contribution >= 0.6 is 11.3 Å². The summed E-state index contributed by atoms with van der Waals surface area (Å²) in [5.41, 5.74) is 2.03. The molecule has 0 saturated carbocycles. The average molecular weight is 376 g/mol. The van der Waals surface area contributed by atoms with Gasteiger partial charge in [-0.3, -0.25) is 9.59 Å². The van der Waals surface area contributed by atoms with E-state index in [1.807, 2.05) is 0 Å². The van der Waals surface area contributed by atoms with Crippen molar-refractivity contribution in [3.63, 3.8) is 0 Å². The van der Waals surface area contributed by atoms with Crippen molar-refractivity contribution >= 4 is 28.3 Å². The van der Waals surface area contributed by atoms with Crippen LogP contribution in [-0.4, -0.2) is 33.2 Å². The number of carbonyl (C=O) groups excluding carboxylic acids is 2. The molecule has 0 fully saturated rings. The number of hydrogen-bond donors (Lipinski definition) is 1. The van der Waals surface area contributed by atoms with Gasteiger partial charge in [0, 0.05) is 6.07 Å². The fourth-order valence-corrected chi connectivity index (χ4v) is 3.71. The molecular formula is C17H20N4O4S. The highest BCUT2D eigenvalue weighted by molar-refractivity contribution is 7.17. The van der Waals surface area contributed by atoms with E-state index < -0.39 is 17.9 Å². The zero-order valence-corrected chi connectivity index (χ0v) is 15.7. The number of amides is 1. The van der Waals surface area contributed by atoms with Crippen LogP contribution in [-0.2, 0) is 22.4 Å². The Morgan fingerprint density at radius 1 is 1.42 bits per heavy atom. The second kappa shape index (κ2) is 7.36. The zero-order chi connectivity index (χ0) is 18.8. The van der Waals surface area contributed by atoms with Crippen LogP contribution in [0, 0.1) is 6.92 Å². The monoisotopic (exact) mass is 376 g/mol. The molecule has 9 heteroatoms. The predicted molar refractivity (Wildman–Crippen MR) is 96.7 cm³/mol. The standard InChI is InChI=1S/C17H20N4O4S/c1-4-25-16(24)14-9(2)18-17(26-14)19-15(23)10(3)21-13(22)8-11-6-5-7-12(11)20-21/h8,10H,4-7H2,1-3H3,(H,18,19,23)/t10-/m0/s1. The molecule has 0 aromatic carbocycles. The van der Waals surface area contributed by atoms with Gasteiger partial charge in [0.1, 0.15) is 10.9 Å². The minimum absolute atomic E-state index is 0.266. The number of nitrogens with one attached hydrogen (secondary N) is 1. The highest BCUT2D eigenvalue weighted by atomic mass is 32.1. The van der Waals surface area contributed by atoms with E-state index in [2.05, 4.69) is 15.4 Å². The zero-order valence-electron chi connectivity index (χ0n) is 14.9. The van der Waals surface area contributed by atoms with Crippen LogP contribution in [0.15, 0.2) is 10.9 Å². The van der Waals surface area contributed by atoms with Crippen LogP contribution in [0.3, 0.4) is 0 Å². The molecule has 0 spiro atoms. The first kappa shape index (κ1) is 18.2. The molecule has 8 nitrogen and oxygen atoms in total. The maximum absolute atomic E-state index is 12.5. The second-order valence-corrected chi connectivity index (χ2v) is 7.07. The first-order valence-electron chi connectivity index (χ1n) is 8.47. The van der Waals surface area contributed by atoms with Gasteiger partial charge in [0.25, 0.3) is 11.5 Å². The molecule has 0 aliphatic heterocycles. The molecular weight excluding hydrogens is 356 g/mol. The van der Waals surface area contributed by atoms with Gasteiger partial charge in [-0.15, -0.1) is 0 Å². The quantitative estimate of drug-likeness (QED) is 0.799. The Labute approximate surface area is 154 Å². The van der Waals surface area contributed by atoms with Crippen LogP contribution in [0.4, 0.5) is 5.13 Å². The summed E-state index contributed by atoms with van der Waals surface area (Å²) in [6.07, 6.45) is 2.65. The van der Waals surface area contributed by atoms with Gasteiger partial charge in [0.05, 0.1) is 18.0 Å². The molecule has 0 radical (unpaired) electrons. The molecule has 1 atom stereocenters. The summed E-state index contributed by atoms with van der Waals surface area (Å²) < 4.78 is 6.17. The minimum atomic E-state index is -0.788. The van der Waals surface area contributed by atoms with Crippen molar-refractivity contribution in [1.29, 1.82) is 0 Å². The summed E-state index contributed by atoms with van der Waals surface area (Å²) in [6, 6.07) is 0.773. The molecule has 1 N–H and O–H groups in total. The summed E-state index contributed by atoms with van der Waals surface area (Å²) >= 11 is 1.05. The molecule has 2 heterocycles. The number of carbonyl (C=O) groups is 2. The normalized spacial score (nSPS) is 14.0. The van der Waals surface area contributed by atoms with Crippen molar-refractivity contribution < 1.29 is 14.3 Å². The molecule has 0 unspecified atom stereocenters. The van der Waals surface area contributed by atoms with Gasteiger partial charge >= 0.3 is 5.97 Å². The minimum Gasteiger partial charge on any atom is -0.462 e. The SMILES string of the molecule is CCOC(=O)c1sc(NC(=O)[C@H](C)n2nc3c(cc2=O)CCC3)nc1C. The Kier molecular flexibility index (Phi) is 5.17.